The molecular weight excluding hydrogens is 476 g/mol. The molecule has 3 heterocycles. The fourth-order valence-corrected chi connectivity index (χ4v) is 6.37. The Hall–Kier alpha value is -1.96. The molecule has 3 atom stereocenters. The van der Waals surface area contributed by atoms with Crippen molar-refractivity contribution in [2.24, 2.45) is 5.92 Å². The van der Waals surface area contributed by atoms with Crippen LogP contribution in [0.25, 0.3) is 0 Å². The number of hydrogen-bond acceptors (Lipinski definition) is 5. The van der Waals surface area contributed by atoms with Crippen LogP contribution in [0.4, 0.5) is 0 Å². The average Bonchev–Trinajstić information content (AvgIpc) is 2.90. The molecule has 0 radical (unpaired) electrons. The molecule has 0 unspecified atom stereocenters. The molecule has 1 aromatic rings. The number of piperazine rings is 1. The van der Waals surface area contributed by atoms with Crippen LogP contribution in [-0.4, -0.2) is 89.2 Å². The first kappa shape index (κ1) is 29.0. The number of hydrogen-bond donors (Lipinski definition) is 0. The SMILES string of the molecule is CCCCCC[C@H]1C(=O)N(C2CCN(C)CC2)C[C@@H]2N(CCCc3ccccc3)O[C@H](CC(C)C)C(=O)N21. The van der Waals surface area contributed by atoms with Crippen molar-refractivity contribution in [1.29, 1.82) is 0 Å². The summed E-state index contributed by atoms with van der Waals surface area (Å²) < 4.78 is 0. The summed E-state index contributed by atoms with van der Waals surface area (Å²) in [5, 5.41) is 2.07. The van der Waals surface area contributed by atoms with Gasteiger partial charge < -0.3 is 14.7 Å². The van der Waals surface area contributed by atoms with Gasteiger partial charge in [0.2, 0.25) is 5.91 Å². The highest BCUT2D eigenvalue weighted by Crippen LogP contribution is 2.33. The van der Waals surface area contributed by atoms with Crippen LogP contribution in [0.15, 0.2) is 30.3 Å². The molecule has 0 bridgehead atoms. The Kier molecular flexibility index (Phi) is 10.6. The number of hydroxylamine groups is 2. The number of rotatable bonds is 12. The number of carbonyl (C=O) groups excluding carboxylic acids is 2. The van der Waals surface area contributed by atoms with Gasteiger partial charge in [0.25, 0.3) is 5.91 Å². The second kappa shape index (κ2) is 13.9. The fourth-order valence-electron chi connectivity index (χ4n) is 6.37. The maximum atomic E-state index is 14.1. The number of aryl methyl sites for hydroxylation is 1. The van der Waals surface area contributed by atoms with Crippen LogP contribution in [-0.2, 0) is 20.8 Å². The summed E-state index contributed by atoms with van der Waals surface area (Å²) in [4.78, 5) is 40.9. The minimum absolute atomic E-state index is 0.0138. The van der Waals surface area contributed by atoms with Gasteiger partial charge in [-0.05, 0) is 70.1 Å². The summed E-state index contributed by atoms with van der Waals surface area (Å²) in [5.41, 5.74) is 1.32. The van der Waals surface area contributed by atoms with E-state index in [9.17, 15) is 9.59 Å². The van der Waals surface area contributed by atoms with E-state index in [2.05, 4.69) is 73.0 Å². The van der Waals surface area contributed by atoms with Gasteiger partial charge in [-0.1, -0.05) is 76.8 Å². The number of fused-ring (bicyclic) bond motifs is 1. The smallest absolute Gasteiger partial charge is 0.255 e. The first-order valence-corrected chi connectivity index (χ1v) is 15.2. The van der Waals surface area contributed by atoms with E-state index in [1.807, 2.05) is 4.90 Å². The lowest BCUT2D eigenvalue weighted by Gasteiger charge is -2.55. The highest BCUT2D eigenvalue weighted by Gasteiger charge is 2.52. The van der Waals surface area contributed by atoms with E-state index in [4.69, 9.17) is 4.84 Å². The second-order valence-corrected chi connectivity index (χ2v) is 12.1. The molecule has 7 heteroatoms. The normalized spacial score (nSPS) is 25.9. The first-order chi connectivity index (χ1) is 18.4. The van der Waals surface area contributed by atoms with Crippen LogP contribution in [0.2, 0.25) is 0 Å². The van der Waals surface area contributed by atoms with E-state index >= 15 is 0 Å². The lowest BCUT2D eigenvalue weighted by atomic mass is 9.94. The van der Waals surface area contributed by atoms with Gasteiger partial charge in [-0.25, -0.2) is 0 Å². The third kappa shape index (κ3) is 7.16. The Bertz CT molecular complexity index is 886. The minimum atomic E-state index is -0.510. The molecule has 38 heavy (non-hydrogen) atoms. The van der Waals surface area contributed by atoms with Gasteiger partial charge in [0.15, 0.2) is 6.10 Å². The van der Waals surface area contributed by atoms with E-state index in [-0.39, 0.29) is 30.1 Å². The topological polar surface area (TPSA) is 56.3 Å². The molecule has 0 saturated carbocycles. The van der Waals surface area contributed by atoms with Crippen molar-refractivity contribution in [2.45, 2.75) is 109 Å². The number of likely N-dealkylation sites (tertiary alicyclic amines) is 1. The maximum absolute atomic E-state index is 14.1. The summed E-state index contributed by atoms with van der Waals surface area (Å²) in [5.74, 6) is 0.515. The number of carbonyl (C=O) groups is 2. The van der Waals surface area contributed by atoms with Crippen LogP contribution < -0.4 is 0 Å². The number of benzene rings is 1. The average molecular weight is 527 g/mol. The van der Waals surface area contributed by atoms with Gasteiger partial charge in [-0.15, -0.1) is 0 Å². The largest absolute Gasteiger partial charge is 0.334 e. The summed E-state index contributed by atoms with van der Waals surface area (Å²) in [7, 11) is 2.16. The molecule has 3 saturated heterocycles. The third-order valence-electron chi connectivity index (χ3n) is 8.54. The summed E-state index contributed by atoms with van der Waals surface area (Å²) in [6, 6.07) is 10.4. The first-order valence-electron chi connectivity index (χ1n) is 15.2. The molecular formula is C31H50N4O3. The number of unbranched alkanes of at least 4 members (excludes halogenated alkanes) is 3. The highest BCUT2D eigenvalue weighted by molar-refractivity contribution is 5.91. The summed E-state index contributed by atoms with van der Waals surface area (Å²) in [6.45, 7) is 9.79. The Balaban J connectivity index is 1.57. The van der Waals surface area contributed by atoms with E-state index in [0.717, 1.165) is 71.0 Å². The van der Waals surface area contributed by atoms with E-state index in [1.165, 1.54) is 12.0 Å². The zero-order valence-corrected chi connectivity index (χ0v) is 24.2. The predicted octanol–water partition coefficient (Wildman–Crippen LogP) is 4.71. The molecule has 2 amide bonds. The standard InChI is InChI=1S/C31H50N4O3/c1-5-6-7-11-16-27-30(36)33(26-17-20-32(4)21-18-26)23-29-34(19-12-15-25-13-9-8-10-14-25)38-28(22-24(2)3)31(37)35(27)29/h8-10,13-14,24,26-29H,5-7,11-12,15-23H2,1-4H3/t27-,28+,29+/m0/s1. The van der Waals surface area contributed by atoms with Gasteiger partial charge in [-0.2, -0.15) is 5.06 Å². The van der Waals surface area contributed by atoms with Gasteiger partial charge in [0.1, 0.15) is 12.2 Å². The van der Waals surface area contributed by atoms with E-state index in [0.29, 0.717) is 18.9 Å². The van der Waals surface area contributed by atoms with Crippen molar-refractivity contribution in [3.63, 3.8) is 0 Å². The van der Waals surface area contributed by atoms with Crippen molar-refractivity contribution in [1.82, 2.24) is 19.8 Å². The molecule has 212 valence electrons. The van der Waals surface area contributed by atoms with Crippen LogP contribution >= 0.6 is 0 Å². The molecule has 7 nitrogen and oxygen atoms in total. The fraction of sp³-hybridized carbons (Fsp3) is 0.742. The summed E-state index contributed by atoms with van der Waals surface area (Å²) in [6.07, 6.45) is 9.01. The molecule has 3 aliphatic heterocycles. The van der Waals surface area contributed by atoms with Crippen molar-refractivity contribution < 1.29 is 14.4 Å². The Morgan fingerprint density at radius 1 is 0.974 bits per heavy atom. The third-order valence-corrected chi connectivity index (χ3v) is 8.54. The van der Waals surface area contributed by atoms with Crippen LogP contribution in [0.3, 0.4) is 0 Å². The van der Waals surface area contributed by atoms with Crippen molar-refractivity contribution >= 4 is 11.8 Å². The molecule has 4 rings (SSSR count). The Labute approximate surface area is 230 Å². The van der Waals surface area contributed by atoms with Gasteiger partial charge in [0, 0.05) is 12.6 Å². The van der Waals surface area contributed by atoms with Gasteiger partial charge in [-0.3, -0.25) is 14.4 Å². The lowest BCUT2D eigenvalue weighted by molar-refractivity contribution is -0.289. The quantitative estimate of drug-likeness (QED) is 0.369. The van der Waals surface area contributed by atoms with Crippen molar-refractivity contribution in [3.05, 3.63) is 35.9 Å². The van der Waals surface area contributed by atoms with Crippen LogP contribution in [0.5, 0.6) is 0 Å². The van der Waals surface area contributed by atoms with Crippen molar-refractivity contribution in [2.75, 3.05) is 33.2 Å². The maximum Gasteiger partial charge on any atom is 0.255 e. The number of nitrogens with zero attached hydrogens (tertiary/aromatic N) is 4. The molecule has 0 spiro atoms. The van der Waals surface area contributed by atoms with Crippen LogP contribution in [0, 0.1) is 5.92 Å². The van der Waals surface area contributed by atoms with Crippen molar-refractivity contribution in [3.8, 4) is 0 Å². The summed E-state index contributed by atoms with van der Waals surface area (Å²) >= 11 is 0. The molecule has 1 aromatic carbocycles. The Morgan fingerprint density at radius 3 is 2.39 bits per heavy atom. The van der Waals surface area contributed by atoms with E-state index in [1.54, 1.807) is 0 Å². The molecule has 0 N–H and O–H groups in total. The molecule has 0 aromatic heterocycles. The van der Waals surface area contributed by atoms with Crippen LogP contribution in [0.1, 0.15) is 84.1 Å². The van der Waals surface area contributed by atoms with Gasteiger partial charge >= 0.3 is 0 Å². The predicted molar refractivity (Wildman–Crippen MR) is 151 cm³/mol. The second-order valence-electron chi connectivity index (χ2n) is 12.1. The monoisotopic (exact) mass is 526 g/mol. The zero-order chi connectivity index (χ0) is 27.1. The highest BCUT2D eigenvalue weighted by atomic mass is 16.7. The number of amides is 2. The Morgan fingerprint density at radius 2 is 1.71 bits per heavy atom. The van der Waals surface area contributed by atoms with Gasteiger partial charge in [0.05, 0.1) is 6.54 Å². The molecule has 0 aliphatic carbocycles. The number of piperidine rings is 1. The molecule has 3 fully saturated rings. The zero-order valence-electron chi connectivity index (χ0n) is 24.2. The molecule has 3 aliphatic rings. The van der Waals surface area contributed by atoms with E-state index < -0.39 is 6.10 Å². The minimum Gasteiger partial charge on any atom is -0.334 e. The lowest BCUT2D eigenvalue weighted by Crippen LogP contribution is -2.74.